The number of hydrogen-bond donors (Lipinski definition) is 1. The number of aromatic nitrogens is 2. The van der Waals surface area contributed by atoms with Crippen LogP contribution in [-0.2, 0) is 9.47 Å². The van der Waals surface area contributed by atoms with Crippen LogP contribution in [0.15, 0.2) is 53.6 Å². The van der Waals surface area contributed by atoms with Crippen LogP contribution in [0, 0.1) is 0 Å². The van der Waals surface area contributed by atoms with E-state index in [-0.39, 0.29) is 11.8 Å². The molecule has 4 heterocycles. The van der Waals surface area contributed by atoms with Crippen molar-refractivity contribution in [1.29, 1.82) is 0 Å². The zero-order chi connectivity index (χ0) is 24.4. The van der Waals surface area contributed by atoms with Crippen molar-refractivity contribution in [2.45, 2.75) is 13.3 Å². The quantitative estimate of drug-likeness (QED) is 0.535. The Morgan fingerprint density at radius 2 is 2.03 bits per heavy atom. The van der Waals surface area contributed by atoms with Crippen molar-refractivity contribution in [1.82, 2.24) is 14.9 Å². The molecule has 1 N–H and O–H groups in total. The van der Waals surface area contributed by atoms with Gasteiger partial charge in [0.1, 0.15) is 16.5 Å². The SMILES string of the molecule is C=C1OCC/C1=C/C(=C\C)c1nc(C(=O)Nc2nc3ccc(C(=O)N4CCOCC4)cc3s2)cs1. The number of ether oxygens (including phenoxy) is 2. The lowest BCUT2D eigenvalue weighted by Crippen LogP contribution is -2.40. The average Bonchev–Trinajstić information content (AvgIpc) is 3.62. The average molecular weight is 509 g/mol. The second-order valence-corrected chi connectivity index (χ2v) is 9.92. The molecule has 0 spiro atoms. The maximum Gasteiger partial charge on any atom is 0.276 e. The molecule has 10 heteroatoms. The van der Waals surface area contributed by atoms with Gasteiger partial charge in [-0.15, -0.1) is 11.3 Å². The van der Waals surface area contributed by atoms with Crippen LogP contribution in [0.3, 0.4) is 0 Å². The summed E-state index contributed by atoms with van der Waals surface area (Å²) in [6.07, 6.45) is 4.79. The minimum absolute atomic E-state index is 0.0216. The van der Waals surface area contributed by atoms with E-state index in [9.17, 15) is 9.59 Å². The molecule has 0 bridgehead atoms. The predicted molar refractivity (Wildman–Crippen MR) is 138 cm³/mol. The molecule has 2 aliphatic rings. The van der Waals surface area contributed by atoms with Gasteiger partial charge in [-0.25, -0.2) is 9.97 Å². The third-order valence-corrected chi connectivity index (χ3v) is 7.61. The lowest BCUT2D eigenvalue weighted by atomic mass is 10.1. The highest BCUT2D eigenvalue weighted by Crippen LogP contribution is 2.30. The number of carbonyl (C=O) groups excluding carboxylic acids is 2. The minimum atomic E-state index is -0.326. The maximum atomic E-state index is 12.9. The summed E-state index contributed by atoms with van der Waals surface area (Å²) >= 11 is 2.74. The Morgan fingerprint density at radius 3 is 2.77 bits per heavy atom. The van der Waals surface area contributed by atoms with Gasteiger partial charge in [-0.2, -0.15) is 0 Å². The molecular weight excluding hydrogens is 484 g/mol. The summed E-state index contributed by atoms with van der Waals surface area (Å²) < 4.78 is 11.6. The smallest absolute Gasteiger partial charge is 0.276 e. The molecule has 35 heavy (non-hydrogen) atoms. The van der Waals surface area contributed by atoms with Gasteiger partial charge < -0.3 is 14.4 Å². The van der Waals surface area contributed by atoms with Gasteiger partial charge in [0.15, 0.2) is 5.13 Å². The highest BCUT2D eigenvalue weighted by molar-refractivity contribution is 7.22. The molecule has 180 valence electrons. The van der Waals surface area contributed by atoms with Gasteiger partial charge in [0, 0.05) is 36.0 Å². The Balaban J connectivity index is 1.29. The van der Waals surface area contributed by atoms with Crippen LogP contribution in [0.25, 0.3) is 15.8 Å². The Kier molecular flexibility index (Phi) is 6.76. The number of thiazole rings is 2. The topological polar surface area (TPSA) is 93.7 Å². The standard InChI is InChI=1S/C25H24N4O4S2/c1-3-16(12-17-6-9-33-15(17)2)23-26-20(14-34-23)22(30)28-25-27-19-5-4-18(13-21(19)35-25)24(31)29-7-10-32-11-8-29/h3-5,12-14H,2,6-11H2,1H3,(H,27,28,30)/b16-3+,17-12-. The van der Waals surface area contributed by atoms with Gasteiger partial charge in [-0.05, 0) is 36.8 Å². The second-order valence-electron chi connectivity index (χ2n) is 8.03. The fraction of sp³-hybridized carbons (Fsp3) is 0.280. The van der Waals surface area contributed by atoms with E-state index in [2.05, 4.69) is 21.9 Å². The molecule has 2 aliphatic heterocycles. The number of anilines is 1. The molecule has 2 fully saturated rings. The van der Waals surface area contributed by atoms with Crippen molar-refractivity contribution in [2.75, 3.05) is 38.2 Å². The van der Waals surface area contributed by atoms with E-state index in [1.165, 1.54) is 22.7 Å². The molecule has 8 nitrogen and oxygen atoms in total. The van der Waals surface area contributed by atoms with E-state index in [4.69, 9.17) is 9.47 Å². The molecule has 3 aromatic rings. The number of rotatable bonds is 5. The summed E-state index contributed by atoms with van der Waals surface area (Å²) in [6, 6.07) is 5.41. The fourth-order valence-electron chi connectivity index (χ4n) is 3.86. The molecule has 0 aliphatic carbocycles. The van der Waals surface area contributed by atoms with Gasteiger partial charge >= 0.3 is 0 Å². The van der Waals surface area contributed by atoms with Crippen molar-refractivity contribution in [2.24, 2.45) is 0 Å². The second kappa shape index (κ2) is 10.1. The molecular formula is C25H24N4O4S2. The fourth-order valence-corrected chi connectivity index (χ4v) is 5.60. The molecule has 1 aromatic carbocycles. The van der Waals surface area contributed by atoms with Gasteiger partial charge in [0.05, 0.1) is 30.0 Å². The van der Waals surface area contributed by atoms with Crippen LogP contribution < -0.4 is 5.32 Å². The van der Waals surface area contributed by atoms with Crippen LogP contribution >= 0.6 is 22.7 Å². The van der Waals surface area contributed by atoms with E-state index in [0.29, 0.717) is 55.1 Å². The van der Waals surface area contributed by atoms with Crippen molar-refractivity contribution in [3.05, 3.63) is 69.9 Å². The first-order valence-electron chi connectivity index (χ1n) is 11.3. The number of amides is 2. The number of fused-ring (bicyclic) bond motifs is 1. The van der Waals surface area contributed by atoms with Gasteiger partial charge in [-0.3, -0.25) is 14.9 Å². The monoisotopic (exact) mass is 508 g/mol. The van der Waals surface area contributed by atoms with Crippen LogP contribution in [0.5, 0.6) is 0 Å². The number of carbonyl (C=O) groups is 2. The normalized spacial score (nSPS) is 17.7. The van der Waals surface area contributed by atoms with Crippen LogP contribution in [0.4, 0.5) is 5.13 Å². The Bertz CT molecular complexity index is 1360. The summed E-state index contributed by atoms with van der Waals surface area (Å²) in [6.45, 7) is 8.78. The zero-order valence-electron chi connectivity index (χ0n) is 19.2. The molecule has 0 unspecified atom stereocenters. The van der Waals surface area contributed by atoms with Crippen LogP contribution in [0.1, 0.15) is 39.2 Å². The van der Waals surface area contributed by atoms with Gasteiger partial charge in [-0.1, -0.05) is 24.0 Å². The molecule has 2 aromatic heterocycles. The van der Waals surface area contributed by atoms with Crippen molar-refractivity contribution >= 4 is 55.4 Å². The Hall–Kier alpha value is -3.34. The number of allylic oxidation sites excluding steroid dienone is 4. The minimum Gasteiger partial charge on any atom is -0.494 e. The number of nitrogens with one attached hydrogen (secondary N) is 1. The first kappa shape index (κ1) is 23.4. The zero-order valence-corrected chi connectivity index (χ0v) is 20.8. The number of morpholine rings is 1. The third kappa shape index (κ3) is 5.04. The predicted octanol–water partition coefficient (Wildman–Crippen LogP) is 4.74. The lowest BCUT2D eigenvalue weighted by Gasteiger charge is -2.26. The molecule has 5 rings (SSSR count). The molecule has 0 atom stereocenters. The maximum absolute atomic E-state index is 12.9. The van der Waals surface area contributed by atoms with E-state index in [1.54, 1.807) is 16.3 Å². The summed E-state index contributed by atoms with van der Waals surface area (Å²) in [5, 5.41) is 5.79. The van der Waals surface area contributed by atoms with Crippen LogP contribution in [0.2, 0.25) is 0 Å². The van der Waals surface area contributed by atoms with E-state index >= 15 is 0 Å². The van der Waals surface area contributed by atoms with Gasteiger partial charge in [0.2, 0.25) is 0 Å². The first-order chi connectivity index (χ1) is 17.0. The summed E-state index contributed by atoms with van der Waals surface area (Å²) in [4.78, 5) is 36.4. The van der Waals surface area contributed by atoms with Crippen LogP contribution in [-0.4, -0.2) is 59.6 Å². The molecule has 0 radical (unpaired) electrons. The third-order valence-electron chi connectivity index (χ3n) is 5.78. The van der Waals surface area contributed by atoms with Crippen molar-refractivity contribution < 1.29 is 19.1 Å². The van der Waals surface area contributed by atoms with Gasteiger partial charge in [0.25, 0.3) is 11.8 Å². The highest BCUT2D eigenvalue weighted by Gasteiger charge is 2.20. The lowest BCUT2D eigenvalue weighted by molar-refractivity contribution is 0.0303. The largest absolute Gasteiger partial charge is 0.494 e. The Labute approximate surface area is 210 Å². The van der Waals surface area contributed by atoms with E-state index in [1.807, 2.05) is 31.2 Å². The number of benzene rings is 1. The summed E-state index contributed by atoms with van der Waals surface area (Å²) in [7, 11) is 0. The van der Waals surface area contributed by atoms with Crippen molar-refractivity contribution in [3.8, 4) is 0 Å². The number of hydrogen-bond acceptors (Lipinski definition) is 8. The molecule has 0 saturated carbocycles. The highest BCUT2D eigenvalue weighted by atomic mass is 32.1. The summed E-state index contributed by atoms with van der Waals surface area (Å²) in [5.74, 6) is 0.337. The summed E-state index contributed by atoms with van der Waals surface area (Å²) in [5.41, 5.74) is 3.62. The first-order valence-corrected chi connectivity index (χ1v) is 13.0. The molecule has 2 saturated heterocycles. The number of nitrogens with zero attached hydrogens (tertiary/aromatic N) is 3. The molecule has 2 amide bonds. The Morgan fingerprint density at radius 1 is 1.20 bits per heavy atom. The van der Waals surface area contributed by atoms with E-state index < -0.39 is 0 Å². The van der Waals surface area contributed by atoms with Crippen molar-refractivity contribution in [3.63, 3.8) is 0 Å². The van der Waals surface area contributed by atoms with E-state index in [0.717, 1.165) is 32.8 Å².